The van der Waals surface area contributed by atoms with E-state index in [9.17, 15) is 9.18 Å². The van der Waals surface area contributed by atoms with E-state index in [1.807, 2.05) is 48.5 Å². The van der Waals surface area contributed by atoms with Crippen LogP contribution in [0.2, 0.25) is 0 Å². The number of pyridine rings is 1. The second-order valence-electron chi connectivity index (χ2n) is 6.62. The van der Waals surface area contributed by atoms with Gasteiger partial charge < -0.3 is 10.1 Å². The van der Waals surface area contributed by atoms with E-state index in [0.717, 1.165) is 22.3 Å². The number of carbonyl (C=O) groups is 1. The van der Waals surface area contributed by atoms with Gasteiger partial charge in [0, 0.05) is 36.0 Å². The van der Waals surface area contributed by atoms with Gasteiger partial charge >= 0.3 is 0 Å². The first kappa shape index (κ1) is 17.9. The second kappa shape index (κ2) is 8.05. The van der Waals surface area contributed by atoms with Crippen LogP contribution in [0.15, 0.2) is 73.1 Å². The zero-order valence-corrected chi connectivity index (χ0v) is 15.1. The Balaban J connectivity index is 1.38. The van der Waals surface area contributed by atoms with Crippen molar-refractivity contribution in [2.45, 2.75) is 12.5 Å². The first-order chi connectivity index (χ1) is 13.7. The van der Waals surface area contributed by atoms with Gasteiger partial charge in [0.05, 0.1) is 6.54 Å². The summed E-state index contributed by atoms with van der Waals surface area (Å²) >= 11 is 0. The molecule has 4 rings (SSSR count). The predicted octanol–water partition coefficient (Wildman–Crippen LogP) is 4.02. The molecular formula is C23H19FN2O2. The molecule has 1 aromatic heterocycles. The molecule has 1 aliphatic heterocycles. The maximum Gasteiger partial charge on any atom is 0.244 e. The monoisotopic (exact) mass is 374 g/mol. The number of hydrogen-bond acceptors (Lipinski definition) is 3. The van der Waals surface area contributed by atoms with Crippen LogP contribution in [-0.2, 0) is 11.2 Å². The zero-order valence-electron chi connectivity index (χ0n) is 15.1. The quantitative estimate of drug-likeness (QED) is 0.686. The van der Waals surface area contributed by atoms with Crippen LogP contribution in [0.3, 0.4) is 0 Å². The SMILES string of the molecule is O=C(/C=C/c1ccccc1)NCC1Cc2cc(-c3cccnc3)cc(F)c2O1. The van der Waals surface area contributed by atoms with Crippen molar-refractivity contribution in [1.29, 1.82) is 0 Å². The van der Waals surface area contributed by atoms with Gasteiger partial charge in [0.2, 0.25) is 5.91 Å². The standard InChI is InChI=1S/C23H19FN2O2/c24-21-13-18(17-7-4-10-25-14-17)11-19-12-20(28-23(19)21)15-26-22(27)9-8-16-5-2-1-3-6-16/h1-11,13-14,20H,12,15H2,(H,26,27)/b9-8+. The molecule has 0 saturated heterocycles. The number of fused-ring (bicyclic) bond motifs is 1. The van der Waals surface area contributed by atoms with Crippen LogP contribution in [0.5, 0.6) is 5.75 Å². The third kappa shape index (κ3) is 4.09. The molecule has 2 aromatic carbocycles. The maximum absolute atomic E-state index is 14.5. The van der Waals surface area contributed by atoms with E-state index in [0.29, 0.717) is 13.0 Å². The van der Waals surface area contributed by atoms with E-state index in [1.54, 1.807) is 18.5 Å². The van der Waals surface area contributed by atoms with Crippen molar-refractivity contribution in [3.05, 3.63) is 90.0 Å². The number of hydrogen-bond donors (Lipinski definition) is 1. The fourth-order valence-corrected chi connectivity index (χ4v) is 3.21. The van der Waals surface area contributed by atoms with E-state index < -0.39 is 5.82 Å². The predicted molar refractivity (Wildman–Crippen MR) is 106 cm³/mol. The van der Waals surface area contributed by atoms with Gasteiger partial charge in [0.25, 0.3) is 0 Å². The lowest BCUT2D eigenvalue weighted by molar-refractivity contribution is -0.116. The summed E-state index contributed by atoms with van der Waals surface area (Å²) in [6.45, 7) is 0.314. The number of nitrogens with zero attached hydrogens (tertiary/aromatic N) is 1. The van der Waals surface area contributed by atoms with E-state index in [4.69, 9.17) is 4.74 Å². The van der Waals surface area contributed by atoms with Gasteiger partial charge in [-0.3, -0.25) is 9.78 Å². The molecule has 0 radical (unpaired) electrons. The number of amides is 1. The van der Waals surface area contributed by atoms with Gasteiger partial charge in [0.1, 0.15) is 6.10 Å². The Bertz CT molecular complexity index is 1000. The highest BCUT2D eigenvalue weighted by Crippen LogP contribution is 2.35. The Kier molecular flexibility index (Phi) is 5.15. The largest absolute Gasteiger partial charge is 0.485 e. The van der Waals surface area contributed by atoms with Gasteiger partial charge in [-0.15, -0.1) is 0 Å². The Labute approximate surface area is 162 Å². The highest BCUT2D eigenvalue weighted by Gasteiger charge is 2.27. The number of benzene rings is 2. The van der Waals surface area contributed by atoms with E-state index >= 15 is 0 Å². The molecule has 4 nitrogen and oxygen atoms in total. The molecule has 0 spiro atoms. The molecule has 28 heavy (non-hydrogen) atoms. The summed E-state index contributed by atoms with van der Waals surface area (Å²) < 4.78 is 20.2. The van der Waals surface area contributed by atoms with Crippen LogP contribution in [0, 0.1) is 5.82 Å². The average molecular weight is 374 g/mol. The van der Waals surface area contributed by atoms with Crippen molar-refractivity contribution in [1.82, 2.24) is 10.3 Å². The lowest BCUT2D eigenvalue weighted by atomic mass is 10.0. The Morgan fingerprint density at radius 1 is 1.18 bits per heavy atom. The molecule has 1 unspecified atom stereocenters. The number of aromatic nitrogens is 1. The Morgan fingerprint density at radius 3 is 2.82 bits per heavy atom. The molecule has 2 heterocycles. The zero-order chi connectivity index (χ0) is 19.3. The first-order valence-electron chi connectivity index (χ1n) is 9.09. The minimum Gasteiger partial charge on any atom is -0.485 e. The van der Waals surface area contributed by atoms with Crippen molar-refractivity contribution in [2.24, 2.45) is 0 Å². The molecule has 5 heteroatoms. The van der Waals surface area contributed by atoms with E-state index in [2.05, 4.69) is 10.3 Å². The molecule has 0 fully saturated rings. The fourth-order valence-electron chi connectivity index (χ4n) is 3.21. The molecule has 1 atom stereocenters. The normalized spacial score (nSPS) is 15.2. The van der Waals surface area contributed by atoms with Crippen molar-refractivity contribution >= 4 is 12.0 Å². The van der Waals surface area contributed by atoms with Crippen LogP contribution >= 0.6 is 0 Å². The number of nitrogens with one attached hydrogen (secondary N) is 1. The van der Waals surface area contributed by atoms with Gasteiger partial charge in [-0.05, 0) is 35.4 Å². The molecular weight excluding hydrogens is 355 g/mol. The molecule has 1 N–H and O–H groups in total. The van der Waals surface area contributed by atoms with Crippen LogP contribution in [0.25, 0.3) is 17.2 Å². The first-order valence-corrected chi connectivity index (χ1v) is 9.09. The number of rotatable bonds is 5. The van der Waals surface area contributed by atoms with Gasteiger partial charge in [0.15, 0.2) is 11.6 Å². The highest BCUT2D eigenvalue weighted by atomic mass is 19.1. The topological polar surface area (TPSA) is 51.2 Å². The van der Waals surface area contributed by atoms with Crippen molar-refractivity contribution in [3.63, 3.8) is 0 Å². The van der Waals surface area contributed by atoms with Crippen molar-refractivity contribution in [2.75, 3.05) is 6.54 Å². The van der Waals surface area contributed by atoms with Gasteiger partial charge in [-0.1, -0.05) is 36.4 Å². The van der Waals surface area contributed by atoms with Crippen LogP contribution in [0.4, 0.5) is 4.39 Å². The molecule has 140 valence electrons. The van der Waals surface area contributed by atoms with Crippen LogP contribution in [0.1, 0.15) is 11.1 Å². The second-order valence-corrected chi connectivity index (χ2v) is 6.62. The van der Waals surface area contributed by atoms with Gasteiger partial charge in [-0.2, -0.15) is 0 Å². The van der Waals surface area contributed by atoms with Gasteiger partial charge in [-0.25, -0.2) is 4.39 Å². The summed E-state index contributed by atoms with van der Waals surface area (Å²) in [7, 11) is 0. The highest BCUT2D eigenvalue weighted by molar-refractivity contribution is 5.91. The summed E-state index contributed by atoms with van der Waals surface area (Å²) in [5, 5.41) is 2.81. The van der Waals surface area contributed by atoms with Crippen LogP contribution in [-0.4, -0.2) is 23.5 Å². The summed E-state index contributed by atoms with van der Waals surface area (Å²) in [5.74, 6) is -0.333. The smallest absolute Gasteiger partial charge is 0.244 e. The van der Waals surface area contributed by atoms with E-state index in [1.165, 1.54) is 12.1 Å². The molecule has 1 amide bonds. The van der Waals surface area contributed by atoms with E-state index in [-0.39, 0.29) is 17.8 Å². The molecule has 0 bridgehead atoms. The van der Waals surface area contributed by atoms with Crippen LogP contribution < -0.4 is 10.1 Å². The summed E-state index contributed by atoms with van der Waals surface area (Å²) in [4.78, 5) is 16.1. The molecule has 3 aromatic rings. The lowest BCUT2D eigenvalue weighted by Crippen LogP contribution is -2.33. The third-order valence-electron chi connectivity index (χ3n) is 4.58. The molecule has 1 aliphatic rings. The Morgan fingerprint density at radius 2 is 2.04 bits per heavy atom. The summed E-state index contributed by atoms with van der Waals surface area (Å²) in [5.41, 5.74) is 3.38. The number of ether oxygens (including phenoxy) is 1. The minimum atomic E-state index is -0.394. The average Bonchev–Trinajstić information content (AvgIpc) is 3.16. The minimum absolute atomic E-state index is 0.208. The number of carbonyl (C=O) groups excluding carboxylic acids is 1. The van der Waals surface area contributed by atoms with Crippen molar-refractivity contribution < 1.29 is 13.9 Å². The van der Waals surface area contributed by atoms with Crippen molar-refractivity contribution in [3.8, 4) is 16.9 Å². The third-order valence-corrected chi connectivity index (χ3v) is 4.58. The summed E-state index contributed by atoms with van der Waals surface area (Å²) in [6.07, 6.45) is 6.87. The lowest BCUT2D eigenvalue weighted by Gasteiger charge is -2.11. The molecule has 0 aliphatic carbocycles. The summed E-state index contributed by atoms with van der Waals surface area (Å²) in [6, 6.07) is 16.7. The Hall–Kier alpha value is -3.47. The maximum atomic E-state index is 14.5. The fraction of sp³-hybridized carbons (Fsp3) is 0.130. The molecule has 0 saturated carbocycles. The number of halogens is 1.